The molecule has 0 aliphatic heterocycles. The van der Waals surface area contributed by atoms with Gasteiger partial charge in [-0.25, -0.2) is 10.8 Å². The normalized spacial score (nSPS) is 11.2. The molecule has 0 aliphatic rings. The van der Waals surface area contributed by atoms with E-state index < -0.39 is 10.3 Å². The zero-order valence-electron chi connectivity index (χ0n) is 16.0. The van der Waals surface area contributed by atoms with Crippen LogP contribution in [0.3, 0.4) is 0 Å². The molecule has 11 nitrogen and oxygen atoms in total. The lowest BCUT2D eigenvalue weighted by atomic mass is 10.1. The van der Waals surface area contributed by atoms with Crippen LogP contribution >= 0.6 is 0 Å². The number of nitrogen functional groups attached to an aromatic ring is 2. The second-order valence-corrected chi connectivity index (χ2v) is 7.43. The van der Waals surface area contributed by atoms with Gasteiger partial charge in [-0.3, -0.25) is 14.3 Å². The average molecular weight is 431 g/mol. The highest BCUT2D eigenvalue weighted by Gasteiger charge is 2.17. The van der Waals surface area contributed by atoms with Crippen molar-refractivity contribution in [1.29, 1.82) is 0 Å². The van der Waals surface area contributed by atoms with Gasteiger partial charge in [-0.15, -0.1) is 0 Å². The molecule has 0 spiro atoms. The fraction of sp³-hybridized carbons (Fsp3) is 0.111. The van der Waals surface area contributed by atoms with Gasteiger partial charge >= 0.3 is 10.3 Å². The van der Waals surface area contributed by atoms with Crippen molar-refractivity contribution in [2.45, 2.75) is 6.54 Å². The molecule has 30 heavy (non-hydrogen) atoms. The van der Waals surface area contributed by atoms with Gasteiger partial charge in [-0.2, -0.15) is 13.4 Å². The molecule has 0 bridgehead atoms. The number of nitrogens with two attached hydrogens (primary N) is 3. The number of hydrogen-bond acceptors (Lipinski definition) is 9. The van der Waals surface area contributed by atoms with E-state index in [4.69, 9.17) is 26.6 Å². The molecule has 1 aromatic heterocycles. The highest BCUT2D eigenvalue weighted by molar-refractivity contribution is 7.87. The minimum Gasteiger partial charge on any atom is -0.495 e. The Balaban J connectivity index is 1.91. The summed E-state index contributed by atoms with van der Waals surface area (Å²) in [5.74, 6) is 6.63. The van der Waals surface area contributed by atoms with Crippen molar-refractivity contribution in [3.8, 4) is 17.0 Å². The van der Waals surface area contributed by atoms with Crippen molar-refractivity contribution in [2.75, 3.05) is 28.3 Å². The first-order valence-electron chi connectivity index (χ1n) is 8.60. The Kier molecular flexibility index (Phi) is 5.91. The largest absolute Gasteiger partial charge is 0.495 e. The van der Waals surface area contributed by atoms with E-state index >= 15 is 0 Å². The second-order valence-electron chi connectivity index (χ2n) is 6.27. The van der Waals surface area contributed by atoms with Crippen LogP contribution in [-0.4, -0.2) is 30.0 Å². The molecule has 0 aliphatic carbocycles. The minimum absolute atomic E-state index is 0.0128. The molecule has 0 saturated heterocycles. The number of nitrogens with one attached hydrogen (secondary N) is 1. The van der Waals surface area contributed by atoms with Crippen LogP contribution in [0.1, 0.15) is 5.56 Å². The van der Waals surface area contributed by atoms with Gasteiger partial charge in [0.05, 0.1) is 19.3 Å². The van der Waals surface area contributed by atoms with E-state index in [0.29, 0.717) is 11.3 Å². The molecule has 0 atom stereocenters. The number of rotatable bonds is 7. The molecular formula is C18H21N7O4S. The molecule has 0 saturated carbocycles. The van der Waals surface area contributed by atoms with Crippen LogP contribution in [0, 0.1) is 0 Å². The van der Waals surface area contributed by atoms with Crippen LogP contribution < -0.4 is 31.8 Å². The Hall–Kier alpha value is -3.61. The predicted molar refractivity (Wildman–Crippen MR) is 115 cm³/mol. The number of benzene rings is 2. The molecule has 12 heteroatoms. The maximum Gasteiger partial charge on any atom is 0.357 e. The van der Waals surface area contributed by atoms with E-state index in [1.807, 2.05) is 35.1 Å². The van der Waals surface area contributed by atoms with Gasteiger partial charge in [0.2, 0.25) is 5.95 Å². The van der Waals surface area contributed by atoms with Crippen molar-refractivity contribution in [2.24, 2.45) is 5.84 Å². The molecule has 8 N–H and O–H groups in total. The maximum absolute atomic E-state index is 11.1. The zero-order valence-corrected chi connectivity index (χ0v) is 16.8. The van der Waals surface area contributed by atoms with Gasteiger partial charge in [0.15, 0.2) is 5.82 Å². The SMILES string of the molecule is COc1cc(CN(N)c2nc(N)nc(-c3ccccc3)c2N)ccc1NS(=O)(=O)O. The Bertz CT molecular complexity index is 1160. The van der Waals surface area contributed by atoms with Gasteiger partial charge < -0.3 is 16.2 Å². The van der Waals surface area contributed by atoms with Gasteiger partial charge in [-0.05, 0) is 17.7 Å². The first-order valence-corrected chi connectivity index (χ1v) is 10.0. The number of hydrazine groups is 1. The van der Waals surface area contributed by atoms with Crippen LogP contribution in [0.4, 0.5) is 23.1 Å². The van der Waals surface area contributed by atoms with Crippen molar-refractivity contribution >= 4 is 33.4 Å². The molecule has 3 aromatic rings. The molecule has 1 heterocycles. The summed E-state index contributed by atoms with van der Waals surface area (Å²) >= 11 is 0. The van der Waals surface area contributed by atoms with E-state index in [0.717, 1.165) is 5.56 Å². The first kappa shape index (κ1) is 21.1. The van der Waals surface area contributed by atoms with Crippen LogP contribution in [-0.2, 0) is 16.8 Å². The molecule has 0 amide bonds. The van der Waals surface area contributed by atoms with Crippen molar-refractivity contribution in [1.82, 2.24) is 9.97 Å². The molecular weight excluding hydrogens is 410 g/mol. The van der Waals surface area contributed by atoms with E-state index in [1.54, 1.807) is 12.1 Å². The van der Waals surface area contributed by atoms with E-state index in [-0.39, 0.29) is 35.4 Å². The number of aromatic nitrogens is 2. The van der Waals surface area contributed by atoms with Crippen LogP contribution in [0.5, 0.6) is 5.75 Å². The maximum atomic E-state index is 11.1. The van der Waals surface area contributed by atoms with Crippen molar-refractivity contribution in [3.05, 3.63) is 54.1 Å². The highest BCUT2D eigenvalue weighted by atomic mass is 32.2. The third-order valence-electron chi connectivity index (χ3n) is 4.12. The highest BCUT2D eigenvalue weighted by Crippen LogP contribution is 2.32. The Morgan fingerprint density at radius 3 is 2.47 bits per heavy atom. The number of nitrogens with zero attached hydrogens (tertiary/aromatic N) is 3. The number of hydrogen-bond donors (Lipinski definition) is 5. The van der Waals surface area contributed by atoms with E-state index in [1.165, 1.54) is 18.2 Å². The molecule has 2 aromatic carbocycles. The number of methoxy groups -OCH3 is 1. The van der Waals surface area contributed by atoms with Crippen molar-refractivity contribution < 1.29 is 17.7 Å². The quantitative estimate of drug-likeness (QED) is 0.208. The Morgan fingerprint density at radius 2 is 1.83 bits per heavy atom. The van der Waals surface area contributed by atoms with Gasteiger partial charge in [0.25, 0.3) is 0 Å². The summed E-state index contributed by atoms with van der Waals surface area (Å²) in [4.78, 5) is 8.37. The van der Waals surface area contributed by atoms with E-state index in [2.05, 4.69) is 9.97 Å². The third-order valence-corrected chi connectivity index (χ3v) is 4.60. The lowest BCUT2D eigenvalue weighted by Gasteiger charge is -2.21. The topological polar surface area (TPSA) is 183 Å². The zero-order chi connectivity index (χ0) is 21.9. The van der Waals surface area contributed by atoms with E-state index in [9.17, 15) is 8.42 Å². The monoisotopic (exact) mass is 431 g/mol. The molecule has 0 unspecified atom stereocenters. The summed E-state index contributed by atoms with van der Waals surface area (Å²) in [5, 5.41) is 1.30. The molecule has 0 fully saturated rings. The fourth-order valence-corrected chi connectivity index (χ4v) is 3.28. The summed E-state index contributed by atoms with van der Waals surface area (Å²) < 4.78 is 38.2. The summed E-state index contributed by atoms with van der Waals surface area (Å²) in [6.07, 6.45) is 0. The fourth-order valence-electron chi connectivity index (χ4n) is 2.84. The minimum atomic E-state index is -4.44. The summed E-state index contributed by atoms with van der Waals surface area (Å²) in [6.45, 7) is 0.150. The lowest BCUT2D eigenvalue weighted by Crippen LogP contribution is -2.32. The summed E-state index contributed by atoms with van der Waals surface area (Å²) in [5.41, 5.74) is 14.3. The smallest absolute Gasteiger partial charge is 0.357 e. The second kappa shape index (κ2) is 8.41. The lowest BCUT2D eigenvalue weighted by molar-refractivity contribution is 0.416. The van der Waals surface area contributed by atoms with Crippen LogP contribution in [0.25, 0.3) is 11.3 Å². The Labute approximate surface area is 173 Å². The van der Waals surface area contributed by atoms with Gasteiger partial charge in [0.1, 0.15) is 17.1 Å². The molecule has 3 rings (SSSR count). The molecule has 158 valence electrons. The standard InChI is InChI=1S/C18H21N7O4S/c1-29-14-9-11(7-8-13(14)24-30(26,27)28)10-25(21)17-15(19)16(22-18(20)23-17)12-5-3-2-4-6-12/h2-9,24H,10,19,21H2,1H3,(H2,20,22,23)(H,26,27,28). The van der Waals surface area contributed by atoms with Gasteiger partial charge in [-0.1, -0.05) is 36.4 Å². The van der Waals surface area contributed by atoms with Crippen molar-refractivity contribution in [3.63, 3.8) is 0 Å². The van der Waals surface area contributed by atoms with Gasteiger partial charge in [0, 0.05) is 5.56 Å². The Morgan fingerprint density at radius 1 is 1.13 bits per heavy atom. The molecule has 0 radical (unpaired) electrons. The third kappa shape index (κ3) is 4.86. The first-order chi connectivity index (χ1) is 14.2. The number of ether oxygens (including phenoxy) is 1. The average Bonchev–Trinajstić information content (AvgIpc) is 2.70. The van der Waals surface area contributed by atoms with Crippen LogP contribution in [0.2, 0.25) is 0 Å². The summed E-state index contributed by atoms with van der Waals surface area (Å²) in [6, 6.07) is 13.9. The summed E-state index contributed by atoms with van der Waals surface area (Å²) in [7, 11) is -3.08. The predicted octanol–water partition coefficient (Wildman–Crippen LogP) is 1.41. The van der Waals surface area contributed by atoms with Crippen LogP contribution in [0.15, 0.2) is 48.5 Å². The number of anilines is 4.